The maximum Gasteiger partial charge on any atom is 0.272 e. The van der Waals surface area contributed by atoms with Crippen LogP contribution in [0, 0.1) is 24.0 Å². The second-order valence-corrected chi connectivity index (χ2v) is 4.21. The number of benzene rings is 1. The summed E-state index contributed by atoms with van der Waals surface area (Å²) in [5.74, 6) is 0.755. The molecule has 0 radical (unpaired) electrons. The fraction of sp³-hybridized carbons (Fsp3) is 0.154. The van der Waals surface area contributed by atoms with E-state index in [1.54, 1.807) is 25.3 Å². The number of aromatic nitrogens is 1. The number of hydrogen-bond acceptors (Lipinski definition) is 5. The summed E-state index contributed by atoms with van der Waals surface area (Å²) in [7, 11) is 0. The fourth-order valence-corrected chi connectivity index (χ4v) is 1.67. The van der Waals surface area contributed by atoms with Crippen LogP contribution in [0.2, 0.25) is 0 Å². The quantitative estimate of drug-likeness (QED) is 0.675. The van der Waals surface area contributed by atoms with Gasteiger partial charge in [0.1, 0.15) is 5.75 Å². The van der Waals surface area contributed by atoms with Crippen LogP contribution in [0.1, 0.15) is 11.1 Å². The van der Waals surface area contributed by atoms with Crippen molar-refractivity contribution in [3.63, 3.8) is 0 Å². The van der Waals surface area contributed by atoms with E-state index in [9.17, 15) is 10.1 Å². The van der Waals surface area contributed by atoms with Gasteiger partial charge in [-0.05, 0) is 37.6 Å². The van der Waals surface area contributed by atoms with E-state index in [4.69, 9.17) is 10.5 Å². The molecule has 19 heavy (non-hydrogen) atoms. The van der Waals surface area contributed by atoms with Crippen LogP contribution in [0.5, 0.6) is 11.6 Å². The number of anilines is 1. The predicted octanol–water partition coefficient (Wildman–Crippen LogP) is 2.98. The van der Waals surface area contributed by atoms with Crippen molar-refractivity contribution in [2.45, 2.75) is 13.8 Å². The number of aryl methyl sites for hydroxylation is 2. The van der Waals surface area contributed by atoms with E-state index in [1.807, 2.05) is 6.92 Å². The van der Waals surface area contributed by atoms with Crippen molar-refractivity contribution in [2.75, 3.05) is 5.73 Å². The van der Waals surface area contributed by atoms with Gasteiger partial charge in [0.25, 0.3) is 5.69 Å². The minimum absolute atomic E-state index is 0.0530. The van der Waals surface area contributed by atoms with Crippen LogP contribution in [0.25, 0.3) is 0 Å². The van der Waals surface area contributed by atoms with Crippen molar-refractivity contribution in [3.8, 4) is 11.6 Å². The molecule has 0 aliphatic carbocycles. The number of nitrogens with two attached hydrogens (primary N) is 1. The largest absolute Gasteiger partial charge is 0.437 e. The summed E-state index contributed by atoms with van der Waals surface area (Å²) in [6.07, 6.45) is 1.64. The molecule has 0 saturated carbocycles. The second kappa shape index (κ2) is 4.93. The lowest BCUT2D eigenvalue weighted by molar-refractivity contribution is -0.385. The topological polar surface area (TPSA) is 91.3 Å². The Balaban J connectivity index is 2.29. The van der Waals surface area contributed by atoms with Crippen LogP contribution < -0.4 is 10.5 Å². The van der Waals surface area contributed by atoms with E-state index >= 15 is 0 Å². The third kappa shape index (κ3) is 2.79. The molecule has 0 unspecified atom stereocenters. The van der Waals surface area contributed by atoms with Crippen molar-refractivity contribution < 1.29 is 9.66 Å². The van der Waals surface area contributed by atoms with Gasteiger partial charge in [-0.1, -0.05) is 0 Å². The zero-order chi connectivity index (χ0) is 14.0. The summed E-state index contributed by atoms with van der Waals surface area (Å²) in [5.41, 5.74) is 7.73. The monoisotopic (exact) mass is 259 g/mol. The molecular formula is C13H13N3O3. The molecule has 0 saturated heterocycles. The summed E-state index contributed by atoms with van der Waals surface area (Å²) in [6.45, 7) is 3.53. The lowest BCUT2D eigenvalue weighted by Gasteiger charge is -2.08. The van der Waals surface area contributed by atoms with Gasteiger partial charge in [0.05, 0.1) is 10.6 Å². The summed E-state index contributed by atoms with van der Waals surface area (Å²) in [6, 6.07) is 6.25. The Hall–Kier alpha value is -2.63. The van der Waals surface area contributed by atoms with Crippen molar-refractivity contribution in [3.05, 3.63) is 51.7 Å². The van der Waals surface area contributed by atoms with Crippen molar-refractivity contribution in [1.82, 2.24) is 4.98 Å². The van der Waals surface area contributed by atoms with Crippen LogP contribution in [0.3, 0.4) is 0 Å². The van der Waals surface area contributed by atoms with E-state index < -0.39 is 4.92 Å². The van der Waals surface area contributed by atoms with Gasteiger partial charge in [-0.3, -0.25) is 10.1 Å². The molecular weight excluding hydrogens is 246 g/mol. The van der Waals surface area contributed by atoms with E-state index in [2.05, 4.69) is 4.98 Å². The zero-order valence-electron chi connectivity index (χ0n) is 10.6. The number of pyridine rings is 1. The van der Waals surface area contributed by atoms with Gasteiger partial charge >= 0.3 is 0 Å². The minimum Gasteiger partial charge on any atom is -0.437 e. The van der Waals surface area contributed by atoms with E-state index in [0.29, 0.717) is 22.9 Å². The SMILES string of the molecule is Cc1cnc(Oc2ccc([N+](=O)[O-])c(C)c2)c(N)c1. The molecule has 1 aromatic carbocycles. The lowest BCUT2D eigenvalue weighted by Crippen LogP contribution is -1.97. The van der Waals surface area contributed by atoms with Crippen LogP contribution in [0.15, 0.2) is 30.5 Å². The van der Waals surface area contributed by atoms with E-state index in [1.165, 1.54) is 12.1 Å². The summed E-state index contributed by atoms with van der Waals surface area (Å²) in [5, 5.41) is 10.7. The van der Waals surface area contributed by atoms with Crippen molar-refractivity contribution in [1.29, 1.82) is 0 Å². The Labute approximate surface area is 110 Å². The molecule has 2 rings (SSSR count). The van der Waals surface area contributed by atoms with Gasteiger partial charge in [-0.15, -0.1) is 0 Å². The molecule has 0 aliphatic heterocycles. The minimum atomic E-state index is -0.433. The molecule has 2 aromatic rings. The highest BCUT2D eigenvalue weighted by Gasteiger charge is 2.12. The Morgan fingerprint density at radius 2 is 2.05 bits per heavy atom. The molecule has 0 atom stereocenters. The number of nitrogens with zero attached hydrogens (tertiary/aromatic N) is 2. The molecule has 1 heterocycles. The van der Waals surface area contributed by atoms with E-state index in [-0.39, 0.29) is 5.69 Å². The Morgan fingerprint density at radius 1 is 1.32 bits per heavy atom. The third-order valence-electron chi connectivity index (χ3n) is 2.60. The van der Waals surface area contributed by atoms with Crippen molar-refractivity contribution >= 4 is 11.4 Å². The third-order valence-corrected chi connectivity index (χ3v) is 2.60. The average Bonchev–Trinajstić information content (AvgIpc) is 2.32. The first-order chi connectivity index (χ1) is 8.97. The molecule has 6 nitrogen and oxygen atoms in total. The smallest absolute Gasteiger partial charge is 0.272 e. The molecule has 0 spiro atoms. The van der Waals surface area contributed by atoms with Gasteiger partial charge in [0.15, 0.2) is 0 Å². The summed E-state index contributed by atoms with van der Waals surface area (Å²) in [4.78, 5) is 14.4. The van der Waals surface area contributed by atoms with Crippen LogP contribution in [-0.2, 0) is 0 Å². The Morgan fingerprint density at radius 3 is 2.63 bits per heavy atom. The molecule has 2 N–H and O–H groups in total. The number of nitro benzene ring substituents is 1. The first-order valence-corrected chi connectivity index (χ1v) is 5.62. The lowest BCUT2D eigenvalue weighted by atomic mass is 10.2. The highest BCUT2D eigenvalue weighted by atomic mass is 16.6. The van der Waals surface area contributed by atoms with Gasteiger partial charge in [0, 0.05) is 17.8 Å². The average molecular weight is 259 g/mol. The second-order valence-electron chi connectivity index (χ2n) is 4.21. The highest BCUT2D eigenvalue weighted by molar-refractivity contribution is 5.52. The van der Waals surface area contributed by atoms with Crippen LogP contribution in [0.4, 0.5) is 11.4 Å². The molecule has 0 bridgehead atoms. The summed E-state index contributed by atoms with van der Waals surface area (Å²) >= 11 is 0. The standard InChI is InChI=1S/C13H13N3O3/c1-8-5-11(14)13(15-7-8)19-10-3-4-12(16(17)18)9(2)6-10/h3-7H,14H2,1-2H3. The maximum absolute atomic E-state index is 10.7. The Kier molecular flexibility index (Phi) is 3.33. The molecule has 98 valence electrons. The number of nitro groups is 1. The summed E-state index contributed by atoms with van der Waals surface area (Å²) < 4.78 is 5.52. The molecule has 1 aromatic heterocycles. The van der Waals surface area contributed by atoms with Gasteiger partial charge < -0.3 is 10.5 Å². The Bertz CT molecular complexity index is 641. The normalized spacial score (nSPS) is 10.2. The number of rotatable bonds is 3. The molecule has 6 heteroatoms. The number of ether oxygens (including phenoxy) is 1. The van der Waals surface area contributed by atoms with Gasteiger partial charge in [0.2, 0.25) is 5.88 Å². The van der Waals surface area contributed by atoms with Gasteiger partial charge in [-0.2, -0.15) is 0 Å². The first-order valence-electron chi connectivity index (χ1n) is 5.62. The van der Waals surface area contributed by atoms with Crippen LogP contribution >= 0.6 is 0 Å². The fourth-order valence-electron chi connectivity index (χ4n) is 1.67. The molecule has 0 aliphatic rings. The zero-order valence-corrected chi connectivity index (χ0v) is 10.6. The first kappa shape index (κ1) is 12.8. The molecule has 0 amide bonds. The number of nitrogen functional groups attached to an aromatic ring is 1. The predicted molar refractivity (Wildman–Crippen MR) is 71.3 cm³/mol. The maximum atomic E-state index is 10.7. The van der Waals surface area contributed by atoms with E-state index in [0.717, 1.165) is 5.56 Å². The number of hydrogen-bond donors (Lipinski definition) is 1. The molecule has 0 fully saturated rings. The van der Waals surface area contributed by atoms with Crippen molar-refractivity contribution in [2.24, 2.45) is 0 Å². The highest BCUT2D eigenvalue weighted by Crippen LogP contribution is 2.29. The van der Waals surface area contributed by atoms with Gasteiger partial charge in [-0.25, -0.2) is 4.98 Å². The van der Waals surface area contributed by atoms with Crippen LogP contribution in [-0.4, -0.2) is 9.91 Å².